The number of rotatable bonds is 5. The van der Waals surface area contributed by atoms with E-state index in [0.717, 1.165) is 31.4 Å². The maximum absolute atomic E-state index is 11.0. The molecule has 0 radical (unpaired) electrons. The van der Waals surface area contributed by atoms with Crippen LogP contribution in [0.25, 0.3) is 0 Å². The van der Waals surface area contributed by atoms with Gasteiger partial charge in [-0.3, -0.25) is 0 Å². The highest BCUT2D eigenvalue weighted by molar-refractivity contribution is 5.89. The highest BCUT2D eigenvalue weighted by Gasteiger charge is 2.40. The van der Waals surface area contributed by atoms with Crippen LogP contribution in [-0.4, -0.2) is 57.9 Å². The number of hydrogen-bond acceptors (Lipinski definition) is 5. The molecule has 0 saturated heterocycles. The summed E-state index contributed by atoms with van der Waals surface area (Å²) in [4.78, 5) is 21.2. The summed E-state index contributed by atoms with van der Waals surface area (Å²) in [7, 11) is 4.08. The lowest BCUT2D eigenvalue weighted by Crippen LogP contribution is -2.43. The minimum Gasteiger partial charge on any atom is -0.508 e. The Bertz CT molecular complexity index is 627. The second kappa shape index (κ2) is 9.94. The van der Waals surface area contributed by atoms with Crippen molar-refractivity contribution in [1.29, 1.82) is 0 Å². The number of phenols is 1. The van der Waals surface area contributed by atoms with Gasteiger partial charge in [-0.05, 0) is 44.6 Å². The molecule has 1 saturated carbocycles. The fourth-order valence-corrected chi connectivity index (χ4v) is 3.21. The zero-order valence-electron chi connectivity index (χ0n) is 15.1. The van der Waals surface area contributed by atoms with Gasteiger partial charge in [0.1, 0.15) is 5.75 Å². The van der Waals surface area contributed by atoms with Crippen molar-refractivity contribution in [2.24, 2.45) is 5.92 Å². The predicted octanol–water partition coefficient (Wildman–Crippen LogP) is 2.04. The van der Waals surface area contributed by atoms with Gasteiger partial charge in [-0.25, -0.2) is 9.59 Å². The van der Waals surface area contributed by atoms with E-state index >= 15 is 0 Å². The van der Waals surface area contributed by atoms with Crippen molar-refractivity contribution in [3.8, 4) is 5.75 Å². The lowest BCUT2D eigenvalue weighted by molar-refractivity contribution is -0.134. The summed E-state index contributed by atoms with van der Waals surface area (Å²) in [5, 5.41) is 36.3. The Morgan fingerprint density at radius 3 is 2.31 bits per heavy atom. The maximum atomic E-state index is 11.0. The topological polar surface area (TPSA) is 118 Å². The van der Waals surface area contributed by atoms with Crippen LogP contribution in [0.4, 0.5) is 0 Å². The van der Waals surface area contributed by atoms with Crippen molar-refractivity contribution < 1.29 is 30.0 Å². The second-order valence-corrected chi connectivity index (χ2v) is 6.69. The molecule has 0 aromatic heterocycles. The van der Waals surface area contributed by atoms with Crippen molar-refractivity contribution in [1.82, 2.24) is 4.90 Å². The van der Waals surface area contributed by atoms with Crippen LogP contribution in [0.3, 0.4) is 0 Å². The SMILES string of the molecule is CN(C)CC1CCCCC1(O)c1cccc(O)c1.O=C(O)/C=C/C(=O)O. The lowest BCUT2D eigenvalue weighted by atomic mass is 9.71. The van der Waals surface area contributed by atoms with Crippen molar-refractivity contribution >= 4 is 11.9 Å². The number of aromatic hydroxyl groups is 1. The zero-order valence-corrected chi connectivity index (χ0v) is 15.1. The van der Waals surface area contributed by atoms with E-state index in [9.17, 15) is 19.8 Å². The fraction of sp³-hybridized carbons (Fsp3) is 0.474. The molecular formula is C19H27NO6. The van der Waals surface area contributed by atoms with Crippen LogP contribution in [0, 0.1) is 5.92 Å². The third-order valence-corrected chi connectivity index (χ3v) is 4.34. The molecule has 0 heterocycles. The fourth-order valence-electron chi connectivity index (χ4n) is 3.21. The first kappa shape index (κ1) is 21.7. The molecule has 2 rings (SSSR count). The molecule has 1 aromatic rings. The first-order valence-electron chi connectivity index (χ1n) is 8.45. The molecule has 26 heavy (non-hydrogen) atoms. The van der Waals surface area contributed by atoms with Gasteiger partial charge in [0, 0.05) is 24.6 Å². The largest absolute Gasteiger partial charge is 0.508 e. The Morgan fingerprint density at radius 2 is 1.81 bits per heavy atom. The predicted molar refractivity (Wildman–Crippen MR) is 96.9 cm³/mol. The normalized spacial score (nSPS) is 22.7. The molecule has 7 heteroatoms. The molecule has 1 aromatic carbocycles. The molecule has 4 N–H and O–H groups in total. The maximum Gasteiger partial charge on any atom is 0.328 e. The Hall–Kier alpha value is -2.38. The third-order valence-electron chi connectivity index (χ3n) is 4.34. The summed E-state index contributed by atoms with van der Waals surface area (Å²) in [6.07, 6.45) is 5.18. The number of carbonyl (C=O) groups is 2. The quantitative estimate of drug-likeness (QED) is 0.590. The smallest absolute Gasteiger partial charge is 0.328 e. The number of phenolic OH excluding ortho intramolecular Hbond substituents is 1. The number of nitrogens with zero attached hydrogens (tertiary/aromatic N) is 1. The minimum atomic E-state index is -1.26. The van der Waals surface area contributed by atoms with Gasteiger partial charge in [0.2, 0.25) is 0 Å². The van der Waals surface area contributed by atoms with Crippen LogP contribution in [-0.2, 0) is 15.2 Å². The van der Waals surface area contributed by atoms with E-state index in [4.69, 9.17) is 10.2 Å². The standard InChI is InChI=1S/C15H23NO2.C4H4O4/c1-16(2)11-13-6-3-4-9-15(13,18)12-7-5-8-14(17)10-12;5-3(6)1-2-4(7)8/h5,7-8,10,13,17-18H,3-4,6,9,11H2,1-2H3;1-2H,(H,5,6)(H,7,8)/b;2-1+. The Morgan fingerprint density at radius 1 is 1.19 bits per heavy atom. The van der Waals surface area contributed by atoms with Crippen LogP contribution in [0.15, 0.2) is 36.4 Å². The van der Waals surface area contributed by atoms with E-state index in [2.05, 4.69) is 4.90 Å². The van der Waals surface area contributed by atoms with Crippen molar-refractivity contribution in [2.45, 2.75) is 31.3 Å². The summed E-state index contributed by atoms with van der Waals surface area (Å²) in [5.74, 6) is -2.04. The Balaban J connectivity index is 0.000000359. The molecule has 7 nitrogen and oxygen atoms in total. The Labute approximate surface area is 153 Å². The summed E-state index contributed by atoms with van der Waals surface area (Å²) in [6, 6.07) is 7.09. The van der Waals surface area contributed by atoms with Gasteiger partial charge in [-0.1, -0.05) is 25.0 Å². The second-order valence-electron chi connectivity index (χ2n) is 6.69. The van der Waals surface area contributed by atoms with Gasteiger partial charge in [0.05, 0.1) is 5.60 Å². The molecule has 0 aliphatic heterocycles. The van der Waals surface area contributed by atoms with Crippen molar-refractivity contribution in [3.63, 3.8) is 0 Å². The van der Waals surface area contributed by atoms with Crippen LogP contribution >= 0.6 is 0 Å². The summed E-state index contributed by atoms with van der Waals surface area (Å²) in [6.45, 7) is 0.881. The monoisotopic (exact) mass is 365 g/mol. The van der Waals surface area contributed by atoms with Crippen LogP contribution in [0.5, 0.6) is 5.75 Å². The van der Waals surface area contributed by atoms with E-state index < -0.39 is 17.5 Å². The molecule has 0 amide bonds. The van der Waals surface area contributed by atoms with E-state index in [1.807, 2.05) is 26.2 Å². The number of aliphatic carboxylic acids is 2. The molecule has 2 atom stereocenters. The molecule has 1 fully saturated rings. The average Bonchev–Trinajstić information content (AvgIpc) is 2.55. The van der Waals surface area contributed by atoms with E-state index in [0.29, 0.717) is 12.2 Å². The number of carboxylic acids is 2. The Kier molecular flexibility index (Phi) is 8.28. The molecule has 1 aliphatic rings. The first-order chi connectivity index (χ1) is 12.1. The molecule has 1 aliphatic carbocycles. The molecule has 2 unspecified atom stereocenters. The van der Waals surface area contributed by atoms with Gasteiger partial charge in [-0.15, -0.1) is 0 Å². The minimum absolute atomic E-state index is 0.232. The summed E-state index contributed by atoms with van der Waals surface area (Å²) < 4.78 is 0. The van der Waals surface area contributed by atoms with Gasteiger partial charge in [0.15, 0.2) is 0 Å². The van der Waals surface area contributed by atoms with Crippen LogP contribution in [0.2, 0.25) is 0 Å². The number of aliphatic hydroxyl groups is 1. The van der Waals surface area contributed by atoms with Crippen molar-refractivity contribution in [2.75, 3.05) is 20.6 Å². The molecule has 0 bridgehead atoms. The molecule has 0 spiro atoms. The number of benzene rings is 1. The first-order valence-corrected chi connectivity index (χ1v) is 8.45. The highest BCUT2D eigenvalue weighted by atomic mass is 16.4. The van der Waals surface area contributed by atoms with E-state index in [1.54, 1.807) is 12.1 Å². The van der Waals surface area contributed by atoms with E-state index in [1.165, 1.54) is 6.42 Å². The van der Waals surface area contributed by atoms with Gasteiger partial charge < -0.3 is 25.3 Å². The summed E-state index contributed by atoms with van der Waals surface area (Å²) in [5.41, 5.74) is 0.0652. The summed E-state index contributed by atoms with van der Waals surface area (Å²) >= 11 is 0. The van der Waals surface area contributed by atoms with Crippen LogP contribution in [0.1, 0.15) is 31.2 Å². The highest BCUT2D eigenvalue weighted by Crippen LogP contribution is 2.42. The van der Waals surface area contributed by atoms with Crippen molar-refractivity contribution in [3.05, 3.63) is 42.0 Å². The average molecular weight is 365 g/mol. The number of hydrogen-bond donors (Lipinski definition) is 4. The lowest BCUT2D eigenvalue weighted by Gasteiger charge is -2.41. The van der Waals surface area contributed by atoms with Crippen LogP contribution < -0.4 is 0 Å². The van der Waals surface area contributed by atoms with Gasteiger partial charge in [-0.2, -0.15) is 0 Å². The van der Waals surface area contributed by atoms with Gasteiger partial charge in [0.25, 0.3) is 0 Å². The molecular weight excluding hydrogens is 338 g/mol. The zero-order chi connectivity index (χ0) is 19.7. The molecule has 144 valence electrons. The van der Waals surface area contributed by atoms with E-state index in [-0.39, 0.29) is 11.7 Å². The third kappa shape index (κ3) is 6.85. The van der Waals surface area contributed by atoms with Gasteiger partial charge >= 0.3 is 11.9 Å². The number of carboxylic acid groups (broad SMARTS) is 2.